The molecule has 1 fully saturated rings. The Bertz CT molecular complexity index is 719. The van der Waals surface area contributed by atoms with Crippen molar-refractivity contribution in [2.75, 3.05) is 0 Å². The molecular formula is C18H22FN3O3. The van der Waals surface area contributed by atoms with Crippen LogP contribution in [-0.2, 0) is 13.2 Å². The Hall–Kier alpha value is -2.57. The number of nitrogens with zero attached hydrogens (tertiary/aromatic N) is 1. The van der Waals surface area contributed by atoms with Crippen molar-refractivity contribution < 1.29 is 18.4 Å². The Morgan fingerprint density at radius 3 is 3.00 bits per heavy atom. The van der Waals surface area contributed by atoms with Gasteiger partial charge in [-0.05, 0) is 37.3 Å². The van der Waals surface area contributed by atoms with Crippen LogP contribution in [0.4, 0.5) is 9.18 Å². The van der Waals surface area contributed by atoms with E-state index >= 15 is 0 Å². The fraction of sp³-hybridized carbons (Fsp3) is 0.444. The lowest BCUT2D eigenvalue weighted by Gasteiger charge is -2.12. The first-order valence-corrected chi connectivity index (χ1v) is 8.46. The SMILES string of the molecule is C[C@H]1CC[C@H](NC(=O)NCc2cc(COc3ccccc3F)on2)C1. The van der Waals surface area contributed by atoms with Crippen LogP contribution in [0.3, 0.4) is 0 Å². The lowest BCUT2D eigenvalue weighted by atomic mass is 10.1. The molecule has 0 radical (unpaired) electrons. The lowest BCUT2D eigenvalue weighted by Crippen LogP contribution is -2.40. The number of hydrogen-bond donors (Lipinski definition) is 2. The van der Waals surface area contributed by atoms with E-state index in [1.807, 2.05) is 0 Å². The molecule has 2 N–H and O–H groups in total. The lowest BCUT2D eigenvalue weighted by molar-refractivity contribution is 0.235. The molecule has 0 bridgehead atoms. The highest BCUT2D eigenvalue weighted by atomic mass is 19.1. The molecule has 1 aliphatic rings. The number of aromatic nitrogens is 1. The second kappa shape index (κ2) is 8.00. The highest BCUT2D eigenvalue weighted by Crippen LogP contribution is 2.24. The number of benzene rings is 1. The average Bonchev–Trinajstić information content (AvgIpc) is 3.21. The van der Waals surface area contributed by atoms with Crippen LogP contribution in [0.2, 0.25) is 0 Å². The zero-order valence-electron chi connectivity index (χ0n) is 14.1. The Kier molecular flexibility index (Phi) is 5.53. The zero-order chi connectivity index (χ0) is 17.6. The van der Waals surface area contributed by atoms with Gasteiger partial charge in [0.05, 0.1) is 6.54 Å². The number of para-hydroxylation sites is 1. The van der Waals surface area contributed by atoms with Crippen LogP contribution < -0.4 is 15.4 Å². The van der Waals surface area contributed by atoms with Crippen LogP contribution in [-0.4, -0.2) is 17.2 Å². The van der Waals surface area contributed by atoms with Crippen molar-refractivity contribution in [2.45, 2.75) is 45.4 Å². The average molecular weight is 347 g/mol. The van der Waals surface area contributed by atoms with E-state index in [1.165, 1.54) is 6.07 Å². The summed E-state index contributed by atoms with van der Waals surface area (Å²) in [6.07, 6.45) is 3.20. The smallest absolute Gasteiger partial charge is 0.315 e. The van der Waals surface area contributed by atoms with Gasteiger partial charge >= 0.3 is 6.03 Å². The van der Waals surface area contributed by atoms with Gasteiger partial charge in [0.1, 0.15) is 12.3 Å². The van der Waals surface area contributed by atoms with E-state index in [4.69, 9.17) is 9.26 Å². The van der Waals surface area contributed by atoms with Crippen LogP contribution in [0.1, 0.15) is 37.6 Å². The second-order valence-corrected chi connectivity index (χ2v) is 6.45. The maximum atomic E-state index is 13.5. The van der Waals surface area contributed by atoms with Crippen LogP contribution in [0.5, 0.6) is 5.75 Å². The van der Waals surface area contributed by atoms with Crippen LogP contribution in [0, 0.1) is 11.7 Å². The molecule has 2 aromatic rings. The molecule has 25 heavy (non-hydrogen) atoms. The molecule has 3 rings (SSSR count). The molecule has 0 unspecified atom stereocenters. The molecule has 1 aliphatic carbocycles. The van der Waals surface area contributed by atoms with E-state index < -0.39 is 5.82 Å². The van der Waals surface area contributed by atoms with E-state index in [-0.39, 0.29) is 31.0 Å². The monoisotopic (exact) mass is 347 g/mol. The molecule has 2 atom stereocenters. The Morgan fingerprint density at radius 1 is 1.40 bits per heavy atom. The molecule has 134 valence electrons. The number of urea groups is 1. The molecule has 0 spiro atoms. The summed E-state index contributed by atoms with van der Waals surface area (Å²) in [6.45, 7) is 2.53. The van der Waals surface area contributed by atoms with Gasteiger partial charge in [-0.3, -0.25) is 0 Å². The van der Waals surface area contributed by atoms with Gasteiger partial charge < -0.3 is 19.9 Å². The van der Waals surface area contributed by atoms with Crippen molar-refractivity contribution in [3.8, 4) is 5.75 Å². The van der Waals surface area contributed by atoms with Crippen molar-refractivity contribution in [2.24, 2.45) is 5.92 Å². The molecule has 1 aromatic carbocycles. The highest BCUT2D eigenvalue weighted by Gasteiger charge is 2.22. The second-order valence-electron chi connectivity index (χ2n) is 6.45. The minimum absolute atomic E-state index is 0.0695. The van der Waals surface area contributed by atoms with Crippen molar-refractivity contribution in [3.63, 3.8) is 0 Å². The van der Waals surface area contributed by atoms with Crippen molar-refractivity contribution >= 4 is 6.03 Å². The molecule has 2 amide bonds. The maximum Gasteiger partial charge on any atom is 0.315 e. The summed E-state index contributed by atoms with van der Waals surface area (Å²) in [5.74, 6) is 0.855. The van der Waals surface area contributed by atoms with E-state index in [0.29, 0.717) is 17.4 Å². The fourth-order valence-electron chi connectivity index (χ4n) is 2.96. The number of nitrogens with one attached hydrogen (secondary N) is 2. The normalized spacial score (nSPS) is 19.6. The van der Waals surface area contributed by atoms with Gasteiger partial charge in [0.25, 0.3) is 0 Å². The first kappa shape index (κ1) is 17.3. The van der Waals surface area contributed by atoms with Gasteiger partial charge in [-0.25, -0.2) is 9.18 Å². The molecule has 1 saturated carbocycles. The predicted molar refractivity (Wildman–Crippen MR) is 89.4 cm³/mol. The Labute approximate surface area is 145 Å². The molecule has 7 heteroatoms. The molecule has 0 aliphatic heterocycles. The van der Waals surface area contributed by atoms with Gasteiger partial charge in [-0.15, -0.1) is 0 Å². The minimum atomic E-state index is -0.429. The first-order valence-electron chi connectivity index (χ1n) is 8.46. The summed E-state index contributed by atoms with van der Waals surface area (Å²) >= 11 is 0. The molecule has 6 nitrogen and oxygen atoms in total. The molecule has 0 saturated heterocycles. The summed E-state index contributed by atoms with van der Waals surface area (Å²) in [6, 6.07) is 7.88. The van der Waals surface area contributed by atoms with Crippen LogP contribution in [0.15, 0.2) is 34.9 Å². The van der Waals surface area contributed by atoms with E-state index in [9.17, 15) is 9.18 Å². The quantitative estimate of drug-likeness (QED) is 0.840. The van der Waals surface area contributed by atoms with Gasteiger partial charge in [-0.1, -0.05) is 24.2 Å². The molecule has 1 heterocycles. The fourth-order valence-corrected chi connectivity index (χ4v) is 2.96. The third-order valence-corrected chi connectivity index (χ3v) is 4.27. The summed E-state index contributed by atoms with van der Waals surface area (Å²) in [5.41, 5.74) is 0.585. The summed E-state index contributed by atoms with van der Waals surface area (Å²) in [7, 11) is 0. The van der Waals surface area contributed by atoms with Crippen LogP contribution in [0.25, 0.3) is 0 Å². The van der Waals surface area contributed by atoms with Crippen molar-refractivity contribution in [1.82, 2.24) is 15.8 Å². The van der Waals surface area contributed by atoms with Crippen LogP contribution >= 0.6 is 0 Å². The number of halogens is 1. The minimum Gasteiger partial charge on any atom is -0.482 e. The van der Waals surface area contributed by atoms with E-state index in [0.717, 1.165) is 19.3 Å². The zero-order valence-corrected chi connectivity index (χ0v) is 14.1. The van der Waals surface area contributed by atoms with Gasteiger partial charge in [-0.2, -0.15) is 0 Å². The largest absolute Gasteiger partial charge is 0.482 e. The number of carbonyl (C=O) groups excluding carboxylic acids is 1. The van der Waals surface area contributed by atoms with Crippen molar-refractivity contribution in [3.05, 3.63) is 47.6 Å². The van der Waals surface area contributed by atoms with Gasteiger partial charge in [0.2, 0.25) is 0 Å². The third kappa shape index (κ3) is 4.95. The number of amides is 2. The molecular weight excluding hydrogens is 325 g/mol. The summed E-state index contributed by atoms with van der Waals surface area (Å²) in [4.78, 5) is 11.9. The van der Waals surface area contributed by atoms with E-state index in [1.54, 1.807) is 24.3 Å². The first-order chi connectivity index (χ1) is 12.1. The van der Waals surface area contributed by atoms with Gasteiger partial charge in [0, 0.05) is 12.1 Å². The number of ether oxygens (including phenoxy) is 1. The van der Waals surface area contributed by atoms with Gasteiger partial charge in [0.15, 0.2) is 17.3 Å². The number of carbonyl (C=O) groups is 1. The summed E-state index contributed by atoms with van der Waals surface area (Å²) in [5, 5.41) is 9.60. The topological polar surface area (TPSA) is 76.4 Å². The number of rotatable bonds is 6. The standard InChI is InChI=1S/C18H22FN3O3/c1-12-6-7-13(8-12)21-18(23)20-10-14-9-15(25-22-14)11-24-17-5-3-2-4-16(17)19/h2-5,9,12-13H,6-8,10-11H2,1H3,(H2,20,21,23)/t12-,13-/m0/s1. The third-order valence-electron chi connectivity index (χ3n) is 4.27. The van der Waals surface area contributed by atoms with E-state index in [2.05, 4.69) is 22.7 Å². The van der Waals surface area contributed by atoms with Crippen molar-refractivity contribution in [1.29, 1.82) is 0 Å². The Balaban J connectivity index is 1.42. The maximum absolute atomic E-state index is 13.5. The Morgan fingerprint density at radius 2 is 2.24 bits per heavy atom. The highest BCUT2D eigenvalue weighted by molar-refractivity contribution is 5.74. The molecule has 1 aromatic heterocycles. The summed E-state index contributed by atoms with van der Waals surface area (Å²) < 4.78 is 24.0. The predicted octanol–water partition coefficient (Wildman–Crippen LogP) is 3.38. The number of hydrogen-bond acceptors (Lipinski definition) is 4.